The van der Waals surface area contributed by atoms with Gasteiger partial charge >= 0.3 is 0 Å². The highest BCUT2D eigenvalue weighted by molar-refractivity contribution is 5.76. The Morgan fingerprint density at radius 2 is 1.70 bits per heavy atom. The van der Waals surface area contributed by atoms with Crippen molar-refractivity contribution in [3.8, 4) is 0 Å². The number of aryl methyl sites for hydroxylation is 1. The van der Waals surface area contributed by atoms with Crippen molar-refractivity contribution in [1.82, 2.24) is 24.3 Å². The zero-order chi connectivity index (χ0) is 22.8. The van der Waals surface area contributed by atoms with E-state index in [-0.39, 0.29) is 0 Å². The maximum Gasteiger partial charge on any atom is 0.124 e. The highest BCUT2D eigenvalue weighted by atomic mass is 15.2. The van der Waals surface area contributed by atoms with Crippen LogP contribution < -0.4 is 0 Å². The molecule has 5 nitrogen and oxygen atoms in total. The van der Waals surface area contributed by atoms with E-state index in [2.05, 4.69) is 96.2 Å². The molecule has 5 heteroatoms. The minimum Gasteiger partial charge on any atom is -0.322 e. The first-order valence-electron chi connectivity index (χ1n) is 11.9. The van der Waals surface area contributed by atoms with Crippen molar-refractivity contribution < 1.29 is 0 Å². The zero-order valence-electron chi connectivity index (χ0n) is 19.9. The third kappa shape index (κ3) is 4.56. The summed E-state index contributed by atoms with van der Waals surface area (Å²) in [4.78, 5) is 14.5. The fourth-order valence-corrected chi connectivity index (χ4v) is 5.15. The number of hydrogen-bond donors (Lipinski definition) is 0. The summed E-state index contributed by atoms with van der Waals surface area (Å²) in [7, 11) is 6.47. The van der Waals surface area contributed by atoms with Gasteiger partial charge in [0.25, 0.3) is 0 Å². The van der Waals surface area contributed by atoms with Gasteiger partial charge < -0.3 is 9.47 Å². The summed E-state index contributed by atoms with van der Waals surface area (Å²) in [5, 5.41) is 0. The van der Waals surface area contributed by atoms with E-state index in [0.29, 0.717) is 6.04 Å². The number of fused-ring (bicyclic) bond motifs is 2. The quantitative estimate of drug-likeness (QED) is 0.404. The van der Waals surface area contributed by atoms with Gasteiger partial charge in [-0.05, 0) is 75.3 Å². The lowest BCUT2D eigenvalue weighted by atomic mass is 9.91. The molecule has 0 radical (unpaired) electrons. The average Bonchev–Trinajstić information content (AvgIpc) is 3.16. The minimum atomic E-state index is 0.337. The van der Waals surface area contributed by atoms with Crippen molar-refractivity contribution in [3.63, 3.8) is 0 Å². The highest BCUT2D eigenvalue weighted by Crippen LogP contribution is 2.33. The van der Waals surface area contributed by atoms with E-state index >= 15 is 0 Å². The molecular formula is C28H33N5. The number of benzene rings is 2. The van der Waals surface area contributed by atoms with Gasteiger partial charge in [-0.2, -0.15) is 0 Å². The molecule has 1 atom stereocenters. The highest BCUT2D eigenvalue weighted by Gasteiger charge is 2.26. The summed E-state index contributed by atoms with van der Waals surface area (Å²) in [6.07, 6.45) is 5.42. The van der Waals surface area contributed by atoms with Crippen LogP contribution in [0.4, 0.5) is 0 Å². The maximum atomic E-state index is 5.08. The van der Waals surface area contributed by atoms with Gasteiger partial charge in [0.1, 0.15) is 5.82 Å². The van der Waals surface area contributed by atoms with Crippen LogP contribution in [0.5, 0.6) is 0 Å². The van der Waals surface area contributed by atoms with Crippen molar-refractivity contribution in [2.45, 2.75) is 44.9 Å². The third-order valence-electron chi connectivity index (χ3n) is 6.76. The van der Waals surface area contributed by atoms with Gasteiger partial charge in [0.2, 0.25) is 0 Å². The van der Waals surface area contributed by atoms with Crippen molar-refractivity contribution >= 4 is 11.0 Å². The monoisotopic (exact) mass is 439 g/mol. The Balaban J connectivity index is 1.49. The van der Waals surface area contributed by atoms with E-state index in [4.69, 9.17) is 9.97 Å². The Hall–Kier alpha value is -3.02. The lowest BCUT2D eigenvalue weighted by Gasteiger charge is -2.32. The Bertz CT molecular complexity index is 1240. The van der Waals surface area contributed by atoms with E-state index in [0.717, 1.165) is 43.8 Å². The van der Waals surface area contributed by atoms with Crippen LogP contribution in [0, 0.1) is 0 Å². The molecule has 0 bridgehead atoms. The predicted octanol–water partition coefficient (Wildman–Crippen LogP) is 5.05. The first-order chi connectivity index (χ1) is 16.1. The van der Waals surface area contributed by atoms with Crippen LogP contribution in [-0.2, 0) is 26.1 Å². The van der Waals surface area contributed by atoms with E-state index in [9.17, 15) is 0 Å². The van der Waals surface area contributed by atoms with E-state index < -0.39 is 0 Å². The average molecular weight is 440 g/mol. The molecule has 0 fully saturated rings. The topological polar surface area (TPSA) is 37.2 Å². The van der Waals surface area contributed by atoms with Gasteiger partial charge in [-0.25, -0.2) is 4.98 Å². The molecule has 2 heterocycles. The smallest absolute Gasteiger partial charge is 0.124 e. The fraction of sp³-hybridized carbons (Fsp3) is 0.357. The van der Waals surface area contributed by atoms with Crippen LogP contribution in [0.15, 0.2) is 66.9 Å². The Morgan fingerprint density at radius 1 is 0.909 bits per heavy atom. The van der Waals surface area contributed by atoms with Crippen molar-refractivity contribution in [1.29, 1.82) is 0 Å². The van der Waals surface area contributed by atoms with Crippen LogP contribution >= 0.6 is 0 Å². The van der Waals surface area contributed by atoms with Crippen LogP contribution in [-0.4, -0.2) is 45.5 Å². The lowest BCUT2D eigenvalue weighted by molar-refractivity contribution is 0.202. The number of para-hydroxylation sites is 2. The minimum absolute atomic E-state index is 0.337. The Labute approximate surface area is 196 Å². The van der Waals surface area contributed by atoms with Crippen LogP contribution in [0.3, 0.4) is 0 Å². The Morgan fingerprint density at radius 3 is 2.55 bits per heavy atom. The molecule has 33 heavy (non-hydrogen) atoms. The van der Waals surface area contributed by atoms with Gasteiger partial charge in [0.05, 0.1) is 29.3 Å². The maximum absolute atomic E-state index is 5.08. The summed E-state index contributed by atoms with van der Waals surface area (Å²) >= 11 is 0. The van der Waals surface area contributed by atoms with E-state index in [1.165, 1.54) is 34.3 Å². The molecule has 0 spiro atoms. The summed E-state index contributed by atoms with van der Waals surface area (Å²) in [6, 6.07) is 21.9. The molecule has 1 aliphatic rings. The van der Waals surface area contributed by atoms with Gasteiger partial charge in [0, 0.05) is 19.3 Å². The molecule has 1 aliphatic carbocycles. The summed E-state index contributed by atoms with van der Waals surface area (Å²) < 4.78 is 2.41. The molecule has 0 saturated carbocycles. The molecule has 2 aromatic heterocycles. The molecule has 2 aromatic carbocycles. The van der Waals surface area contributed by atoms with Crippen molar-refractivity contribution in [2.75, 3.05) is 21.1 Å². The molecule has 0 aliphatic heterocycles. The van der Waals surface area contributed by atoms with Gasteiger partial charge in [-0.1, -0.05) is 42.5 Å². The molecule has 0 N–H and O–H groups in total. The second-order valence-corrected chi connectivity index (χ2v) is 9.48. The number of pyridine rings is 1. The summed E-state index contributed by atoms with van der Waals surface area (Å²) in [5.41, 5.74) is 7.61. The van der Waals surface area contributed by atoms with Crippen LogP contribution in [0.2, 0.25) is 0 Å². The van der Waals surface area contributed by atoms with Crippen LogP contribution in [0.25, 0.3) is 11.0 Å². The number of nitrogens with zero attached hydrogens (tertiary/aromatic N) is 5. The Kier molecular flexibility index (Phi) is 6.25. The molecular weight excluding hydrogens is 406 g/mol. The fourth-order valence-electron chi connectivity index (χ4n) is 5.15. The SMILES string of the molecule is CN(C)Cc1ccccc1Cn1c(CN(C)C2CCCc3cccnc32)nc2ccccc21. The molecule has 170 valence electrons. The summed E-state index contributed by atoms with van der Waals surface area (Å²) in [6.45, 7) is 2.56. The number of imidazole rings is 1. The van der Waals surface area contributed by atoms with Crippen molar-refractivity contribution in [3.05, 3.63) is 95.1 Å². The first-order valence-corrected chi connectivity index (χ1v) is 11.9. The summed E-state index contributed by atoms with van der Waals surface area (Å²) in [5.74, 6) is 1.11. The van der Waals surface area contributed by atoms with Gasteiger partial charge in [-0.3, -0.25) is 9.88 Å². The number of aromatic nitrogens is 3. The molecule has 0 amide bonds. The molecule has 0 saturated heterocycles. The standard InChI is InChI=1S/C28H33N5/c1-31(2)18-22-10-4-5-11-23(22)19-33-25-15-7-6-14-24(25)30-27(33)20-32(3)26-16-8-12-21-13-9-17-29-28(21)26/h4-7,9-11,13-15,17,26H,8,12,16,18-20H2,1-3H3. The van der Waals surface area contributed by atoms with Gasteiger partial charge in [-0.15, -0.1) is 0 Å². The first kappa shape index (κ1) is 21.8. The van der Waals surface area contributed by atoms with Crippen LogP contribution in [0.1, 0.15) is 47.1 Å². The van der Waals surface area contributed by atoms with Gasteiger partial charge in [0.15, 0.2) is 0 Å². The van der Waals surface area contributed by atoms with E-state index in [1.54, 1.807) is 0 Å². The molecule has 4 aromatic rings. The van der Waals surface area contributed by atoms with Crippen molar-refractivity contribution in [2.24, 2.45) is 0 Å². The normalized spacial score (nSPS) is 16.0. The third-order valence-corrected chi connectivity index (χ3v) is 6.76. The second kappa shape index (κ2) is 9.46. The largest absolute Gasteiger partial charge is 0.322 e. The molecule has 1 unspecified atom stereocenters. The second-order valence-electron chi connectivity index (χ2n) is 9.48. The number of hydrogen-bond acceptors (Lipinski definition) is 4. The molecule has 5 rings (SSSR count). The lowest BCUT2D eigenvalue weighted by Crippen LogP contribution is -2.29. The number of rotatable bonds is 7. The zero-order valence-corrected chi connectivity index (χ0v) is 19.9. The predicted molar refractivity (Wildman–Crippen MR) is 134 cm³/mol. The van der Waals surface area contributed by atoms with E-state index in [1.807, 2.05) is 6.20 Å².